The van der Waals surface area contributed by atoms with E-state index in [-0.39, 0.29) is 0 Å². The van der Waals surface area contributed by atoms with Crippen LogP contribution in [0.4, 0.5) is 0 Å². The van der Waals surface area contributed by atoms with Crippen LogP contribution < -0.4 is 5.73 Å². The minimum Gasteiger partial charge on any atom is -0.366 e. The first-order valence-electron chi connectivity index (χ1n) is 3.94. The quantitative estimate of drug-likeness (QED) is 0.502. The van der Waals surface area contributed by atoms with Crippen LogP contribution in [0, 0.1) is 0 Å². The van der Waals surface area contributed by atoms with Crippen LogP contribution in [0.1, 0.15) is 20.3 Å². The van der Waals surface area contributed by atoms with Crippen molar-refractivity contribution in [1.82, 2.24) is 0 Å². The fraction of sp³-hybridized carbons (Fsp3) is 0.300. The third kappa shape index (κ3) is 3.19. The molecule has 0 radical (unpaired) electrons. The van der Waals surface area contributed by atoms with Crippen molar-refractivity contribution in [2.75, 3.05) is 0 Å². The standard InChI is InChI=1S/C10H15NO/c1-4-8(5-2)7-9(6-3)10(11)12/h4,6-7H,3,5H2,1-2H3,(H2,11,12)/b8-4-,9-7+. The zero-order valence-electron chi connectivity index (χ0n) is 7.63. The van der Waals surface area contributed by atoms with Crippen LogP contribution in [0.25, 0.3) is 0 Å². The molecule has 66 valence electrons. The van der Waals surface area contributed by atoms with E-state index in [1.54, 1.807) is 6.08 Å². The Kier molecular flexibility index (Phi) is 4.77. The third-order valence-electron chi connectivity index (χ3n) is 1.62. The van der Waals surface area contributed by atoms with Gasteiger partial charge < -0.3 is 5.73 Å². The highest BCUT2D eigenvalue weighted by Gasteiger charge is 1.99. The lowest BCUT2D eigenvalue weighted by atomic mass is 10.1. The highest BCUT2D eigenvalue weighted by molar-refractivity contribution is 5.95. The monoisotopic (exact) mass is 165 g/mol. The number of amides is 1. The normalized spacial score (nSPS) is 12.8. The fourth-order valence-corrected chi connectivity index (χ4v) is 0.820. The minimum atomic E-state index is -0.433. The molecule has 0 saturated heterocycles. The maximum atomic E-state index is 10.8. The SMILES string of the molecule is C=C/C(=C\C(=C/C)CC)C(N)=O. The van der Waals surface area contributed by atoms with Crippen molar-refractivity contribution in [3.05, 3.63) is 36.0 Å². The Morgan fingerprint density at radius 2 is 2.17 bits per heavy atom. The van der Waals surface area contributed by atoms with Crippen molar-refractivity contribution < 1.29 is 4.79 Å². The van der Waals surface area contributed by atoms with Gasteiger partial charge in [-0.2, -0.15) is 0 Å². The first-order chi connectivity index (χ1) is 5.65. The van der Waals surface area contributed by atoms with E-state index in [9.17, 15) is 4.79 Å². The molecule has 0 fully saturated rings. The van der Waals surface area contributed by atoms with Crippen molar-refractivity contribution in [2.45, 2.75) is 20.3 Å². The zero-order valence-corrected chi connectivity index (χ0v) is 7.63. The molecule has 0 spiro atoms. The second-order valence-corrected chi connectivity index (χ2v) is 2.39. The molecule has 0 unspecified atom stereocenters. The van der Waals surface area contributed by atoms with Gasteiger partial charge in [-0.3, -0.25) is 4.79 Å². The Morgan fingerprint density at radius 3 is 2.42 bits per heavy atom. The summed E-state index contributed by atoms with van der Waals surface area (Å²) in [5.41, 5.74) is 6.65. The highest BCUT2D eigenvalue weighted by Crippen LogP contribution is 2.06. The molecule has 0 aromatic heterocycles. The Morgan fingerprint density at radius 1 is 1.58 bits per heavy atom. The van der Waals surface area contributed by atoms with E-state index < -0.39 is 5.91 Å². The number of nitrogens with two attached hydrogens (primary N) is 1. The molecule has 0 bridgehead atoms. The predicted octanol–water partition coefficient (Wildman–Crippen LogP) is 1.94. The minimum absolute atomic E-state index is 0.433. The summed E-state index contributed by atoms with van der Waals surface area (Å²) >= 11 is 0. The molecule has 0 saturated carbocycles. The Balaban J connectivity index is 4.70. The third-order valence-corrected chi connectivity index (χ3v) is 1.62. The van der Waals surface area contributed by atoms with Crippen molar-refractivity contribution in [2.24, 2.45) is 5.73 Å². The van der Waals surface area contributed by atoms with Crippen LogP contribution in [0.2, 0.25) is 0 Å². The summed E-state index contributed by atoms with van der Waals surface area (Å²) in [5, 5.41) is 0. The van der Waals surface area contributed by atoms with Crippen molar-refractivity contribution in [3.63, 3.8) is 0 Å². The molecule has 0 heterocycles. The molecule has 0 aromatic rings. The van der Waals surface area contributed by atoms with Crippen molar-refractivity contribution in [3.8, 4) is 0 Å². The van der Waals surface area contributed by atoms with Gasteiger partial charge in [0.25, 0.3) is 0 Å². The van der Waals surface area contributed by atoms with Gasteiger partial charge in [0.15, 0.2) is 0 Å². The van der Waals surface area contributed by atoms with Crippen molar-refractivity contribution >= 4 is 5.91 Å². The molecule has 2 N–H and O–H groups in total. The molecule has 0 rings (SSSR count). The topological polar surface area (TPSA) is 43.1 Å². The van der Waals surface area contributed by atoms with E-state index in [2.05, 4.69) is 6.58 Å². The number of hydrogen-bond donors (Lipinski definition) is 1. The molecule has 2 nitrogen and oxygen atoms in total. The summed E-state index contributed by atoms with van der Waals surface area (Å²) in [7, 11) is 0. The fourth-order valence-electron chi connectivity index (χ4n) is 0.820. The molecule has 0 aliphatic rings. The molecule has 0 aromatic carbocycles. The molecule has 0 atom stereocenters. The number of primary amides is 1. The van der Waals surface area contributed by atoms with Gasteiger partial charge in [0.05, 0.1) is 0 Å². The molecule has 1 amide bonds. The number of carbonyl (C=O) groups is 1. The Labute approximate surface area is 73.5 Å². The predicted molar refractivity (Wildman–Crippen MR) is 51.5 cm³/mol. The summed E-state index contributed by atoms with van der Waals surface area (Å²) in [6, 6.07) is 0. The van der Waals surface area contributed by atoms with E-state index in [1.807, 2.05) is 19.9 Å². The summed E-state index contributed by atoms with van der Waals surface area (Å²) in [6.07, 6.45) is 6.07. The van der Waals surface area contributed by atoms with Gasteiger partial charge in [-0.25, -0.2) is 0 Å². The first-order valence-corrected chi connectivity index (χ1v) is 3.94. The van der Waals surface area contributed by atoms with Gasteiger partial charge >= 0.3 is 0 Å². The van der Waals surface area contributed by atoms with Gasteiger partial charge in [-0.15, -0.1) is 0 Å². The van der Waals surface area contributed by atoms with Crippen LogP contribution in [-0.4, -0.2) is 5.91 Å². The molecule has 12 heavy (non-hydrogen) atoms. The molecule has 2 heteroatoms. The van der Waals surface area contributed by atoms with Crippen LogP contribution in [0.15, 0.2) is 36.0 Å². The average molecular weight is 165 g/mol. The van der Waals surface area contributed by atoms with Crippen LogP contribution in [0.3, 0.4) is 0 Å². The van der Waals surface area contributed by atoms with E-state index in [1.165, 1.54) is 6.08 Å². The molecular formula is C10H15NO. The van der Waals surface area contributed by atoms with Gasteiger partial charge in [0.2, 0.25) is 5.91 Å². The van der Waals surface area contributed by atoms with Crippen molar-refractivity contribution in [1.29, 1.82) is 0 Å². The number of carbonyl (C=O) groups excluding carboxylic acids is 1. The Hall–Kier alpha value is -1.31. The molecule has 0 aliphatic carbocycles. The number of allylic oxidation sites excluding steroid dienone is 3. The Bertz CT molecular complexity index is 236. The van der Waals surface area contributed by atoms with E-state index in [0.717, 1.165) is 12.0 Å². The molecule has 0 aliphatic heterocycles. The largest absolute Gasteiger partial charge is 0.366 e. The van der Waals surface area contributed by atoms with Crippen LogP contribution >= 0.6 is 0 Å². The average Bonchev–Trinajstić information content (AvgIpc) is 2.06. The first kappa shape index (κ1) is 10.7. The van der Waals surface area contributed by atoms with Crippen LogP contribution in [0.5, 0.6) is 0 Å². The lowest BCUT2D eigenvalue weighted by Gasteiger charge is -1.98. The maximum Gasteiger partial charge on any atom is 0.248 e. The van der Waals surface area contributed by atoms with E-state index in [4.69, 9.17) is 5.73 Å². The second-order valence-electron chi connectivity index (χ2n) is 2.39. The van der Waals surface area contributed by atoms with E-state index in [0.29, 0.717) is 5.57 Å². The number of hydrogen-bond acceptors (Lipinski definition) is 1. The summed E-state index contributed by atoms with van der Waals surface area (Å²) < 4.78 is 0. The zero-order chi connectivity index (χ0) is 9.56. The summed E-state index contributed by atoms with van der Waals surface area (Å²) in [6.45, 7) is 7.46. The van der Waals surface area contributed by atoms with Gasteiger partial charge in [0.1, 0.15) is 0 Å². The van der Waals surface area contributed by atoms with Gasteiger partial charge in [0, 0.05) is 5.57 Å². The second kappa shape index (κ2) is 5.35. The smallest absolute Gasteiger partial charge is 0.248 e. The van der Waals surface area contributed by atoms with Gasteiger partial charge in [-0.1, -0.05) is 31.2 Å². The maximum absolute atomic E-state index is 10.8. The van der Waals surface area contributed by atoms with E-state index >= 15 is 0 Å². The molecular weight excluding hydrogens is 150 g/mol. The van der Waals surface area contributed by atoms with Gasteiger partial charge in [-0.05, 0) is 19.4 Å². The van der Waals surface area contributed by atoms with Crippen LogP contribution in [-0.2, 0) is 4.79 Å². The lowest BCUT2D eigenvalue weighted by molar-refractivity contribution is -0.114. The number of rotatable bonds is 4. The highest BCUT2D eigenvalue weighted by atomic mass is 16.1. The lowest BCUT2D eigenvalue weighted by Crippen LogP contribution is -2.12. The summed E-state index contributed by atoms with van der Waals surface area (Å²) in [5.74, 6) is -0.433. The summed E-state index contributed by atoms with van der Waals surface area (Å²) in [4.78, 5) is 10.8.